The number of rotatable bonds is 4. The van der Waals surface area contributed by atoms with Gasteiger partial charge in [-0.1, -0.05) is 18.1 Å². The summed E-state index contributed by atoms with van der Waals surface area (Å²) in [5.41, 5.74) is 0.872. The van der Waals surface area contributed by atoms with E-state index in [1.165, 1.54) is 12.1 Å². The van der Waals surface area contributed by atoms with Crippen molar-refractivity contribution in [1.82, 2.24) is 4.90 Å². The maximum absolute atomic E-state index is 11.9. The smallest absolute Gasteiger partial charge is 0.406 e. The topological polar surface area (TPSA) is 12.5 Å². The molecule has 0 spiro atoms. The van der Waals surface area contributed by atoms with E-state index in [4.69, 9.17) is 6.42 Å². The summed E-state index contributed by atoms with van der Waals surface area (Å²) in [4.78, 5) is 1.87. The van der Waals surface area contributed by atoms with Crippen LogP contribution < -0.4 is 4.74 Å². The molecule has 1 rings (SSSR count). The second kappa shape index (κ2) is 5.60. The number of benzene rings is 1. The summed E-state index contributed by atoms with van der Waals surface area (Å²) in [5.74, 6) is 2.26. The van der Waals surface area contributed by atoms with E-state index in [1.807, 2.05) is 11.9 Å². The molecule has 0 aliphatic rings. The summed E-state index contributed by atoms with van der Waals surface area (Å²) >= 11 is 0. The highest BCUT2D eigenvalue weighted by Gasteiger charge is 2.30. The number of terminal acetylenes is 1. The van der Waals surface area contributed by atoms with E-state index < -0.39 is 6.36 Å². The molecule has 5 heteroatoms. The second-order valence-electron chi connectivity index (χ2n) is 3.57. The lowest BCUT2D eigenvalue weighted by atomic mass is 10.2. The Morgan fingerprint density at radius 1 is 1.29 bits per heavy atom. The first-order valence-corrected chi connectivity index (χ1v) is 4.87. The lowest BCUT2D eigenvalue weighted by molar-refractivity contribution is -0.274. The van der Waals surface area contributed by atoms with Gasteiger partial charge in [-0.25, -0.2) is 0 Å². The predicted molar refractivity (Wildman–Crippen MR) is 58.3 cm³/mol. The first-order chi connectivity index (χ1) is 7.90. The van der Waals surface area contributed by atoms with Crippen LogP contribution in [0.3, 0.4) is 0 Å². The third kappa shape index (κ3) is 5.27. The van der Waals surface area contributed by atoms with Crippen LogP contribution in [0.2, 0.25) is 0 Å². The molecule has 1 aromatic carbocycles. The van der Waals surface area contributed by atoms with Crippen molar-refractivity contribution in [2.24, 2.45) is 0 Å². The number of ether oxygens (including phenoxy) is 1. The summed E-state index contributed by atoms with van der Waals surface area (Å²) in [6, 6.07) is 5.72. The molecule has 0 amide bonds. The van der Waals surface area contributed by atoms with Crippen LogP contribution in [0.25, 0.3) is 0 Å². The third-order valence-corrected chi connectivity index (χ3v) is 1.97. The molecule has 1 aromatic rings. The van der Waals surface area contributed by atoms with Crippen molar-refractivity contribution >= 4 is 0 Å². The molecule has 0 aliphatic heterocycles. The summed E-state index contributed by atoms with van der Waals surface area (Å²) < 4.78 is 39.5. The lowest BCUT2D eigenvalue weighted by Crippen LogP contribution is -2.18. The fourth-order valence-corrected chi connectivity index (χ4v) is 1.32. The second-order valence-corrected chi connectivity index (χ2v) is 3.57. The van der Waals surface area contributed by atoms with Crippen molar-refractivity contribution in [3.8, 4) is 18.1 Å². The van der Waals surface area contributed by atoms with Gasteiger partial charge in [0.1, 0.15) is 5.75 Å². The van der Waals surface area contributed by atoms with Crippen LogP contribution in [-0.4, -0.2) is 24.9 Å². The molecule has 0 N–H and O–H groups in total. The van der Waals surface area contributed by atoms with E-state index in [0.29, 0.717) is 13.1 Å². The van der Waals surface area contributed by atoms with Crippen molar-refractivity contribution < 1.29 is 17.9 Å². The van der Waals surface area contributed by atoms with Crippen LogP contribution in [0.15, 0.2) is 24.3 Å². The van der Waals surface area contributed by atoms with Gasteiger partial charge in [0.15, 0.2) is 0 Å². The molecular weight excluding hydrogens is 231 g/mol. The maximum atomic E-state index is 11.9. The minimum Gasteiger partial charge on any atom is -0.406 e. The predicted octanol–water partition coefficient (Wildman–Crippen LogP) is 2.65. The quantitative estimate of drug-likeness (QED) is 0.754. The number of hydrogen-bond donors (Lipinski definition) is 0. The van der Waals surface area contributed by atoms with Gasteiger partial charge in [-0.15, -0.1) is 19.6 Å². The van der Waals surface area contributed by atoms with E-state index >= 15 is 0 Å². The normalized spacial score (nSPS) is 11.3. The van der Waals surface area contributed by atoms with Crippen molar-refractivity contribution in [2.75, 3.05) is 13.6 Å². The highest BCUT2D eigenvalue weighted by molar-refractivity contribution is 5.27. The summed E-state index contributed by atoms with van der Waals surface area (Å²) in [6.07, 6.45) is 0.489. The summed E-state index contributed by atoms with van der Waals surface area (Å²) in [5, 5.41) is 0. The van der Waals surface area contributed by atoms with Crippen LogP contribution in [0.4, 0.5) is 13.2 Å². The van der Waals surface area contributed by atoms with Gasteiger partial charge in [0, 0.05) is 6.54 Å². The first kappa shape index (κ1) is 13.4. The van der Waals surface area contributed by atoms with Gasteiger partial charge in [-0.05, 0) is 24.7 Å². The zero-order valence-corrected chi connectivity index (χ0v) is 9.29. The van der Waals surface area contributed by atoms with E-state index in [9.17, 15) is 13.2 Å². The number of nitrogens with zero attached hydrogens (tertiary/aromatic N) is 1. The van der Waals surface area contributed by atoms with Crippen molar-refractivity contribution in [3.05, 3.63) is 29.8 Å². The number of hydrogen-bond acceptors (Lipinski definition) is 2. The molecule has 0 fully saturated rings. The third-order valence-electron chi connectivity index (χ3n) is 1.97. The fraction of sp³-hybridized carbons (Fsp3) is 0.333. The Hall–Kier alpha value is -1.67. The molecule has 0 radical (unpaired) electrons. The van der Waals surface area contributed by atoms with Gasteiger partial charge in [0.05, 0.1) is 6.54 Å². The van der Waals surface area contributed by atoms with Crippen LogP contribution in [0, 0.1) is 12.3 Å². The zero-order valence-electron chi connectivity index (χ0n) is 9.29. The monoisotopic (exact) mass is 243 g/mol. The fourth-order valence-electron chi connectivity index (χ4n) is 1.32. The van der Waals surface area contributed by atoms with E-state index in [-0.39, 0.29) is 5.75 Å². The molecule has 0 heterocycles. The van der Waals surface area contributed by atoms with Crippen LogP contribution in [0.5, 0.6) is 5.75 Å². The van der Waals surface area contributed by atoms with Gasteiger partial charge in [0.2, 0.25) is 0 Å². The van der Waals surface area contributed by atoms with E-state index in [1.54, 1.807) is 12.1 Å². The highest BCUT2D eigenvalue weighted by Crippen LogP contribution is 2.22. The van der Waals surface area contributed by atoms with E-state index in [2.05, 4.69) is 10.7 Å². The molecule has 2 nitrogen and oxygen atoms in total. The molecule has 0 aromatic heterocycles. The van der Waals surface area contributed by atoms with Crippen molar-refractivity contribution in [1.29, 1.82) is 0 Å². The van der Waals surface area contributed by atoms with E-state index in [0.717, 1.165) is 5.56 Å². The number of alkyl halides is 3. The van der Waals surface area contributed by atoms with Crippen molar-refractivity contribution in [3.63, 3.8) is 0 Å². The van der Waals surface area contributed by atoms with Gasteiger partial charge in [0.25, 0.3) is 0 Å². The van der Waals surface area contributed by atoms with Crippen LogP contribution in [-0.2, 0) is 6.54 Å². The van der Waals surface area contributed by atoms with Crippen LogP contribution in [0.1, 0.15) is 5.56 Å². The average molecular weight is 243 g/mol. The Kier molecular flexibility index (Phi) is 4.41. The minimum absolute atomic E-state index is 0.221. The Balaban J connectivity index is 2.59. The zero-order chi connectivity index (χ0) is 12.9. The van der Waals surface area contributed by atoms with Gasteiger partial charge < -0.3 is 4.74 Å². The van der Waals surface area contributed by atoms with Gasteiger partial charge >= 0.3 is 6.36 Å². The standard InChI is InChI=1S/C12H12F3NO/c1-3-8-16(2)9-10-4-6-11(7-5-10)17-12(13,14)15/h1,4-7H,8-9H2,2H3. The number of halogens is 3. The molecule has 0 unspecified atom stereocenters. The van der Waals surface area contributed by atoms with Crippen LogP contribution >= 0.6 is 0 Å². The molecule has 0 saturated heterocycles. The largest absolute Gasteiger partial charge is 0.573 e. The summed E-state index contributed by atoms with van der Waals surface area (Å²) in [6.45, 7) is 1.07. The lowest BCUT2D eigenvalue weighted by Gasteiger charge is -2.14. The van der Waals surface area contributed by atoms with Gasteiger partial charge in [-0.3, -0.25) is 4.90 Å². The van der Waals surface area contributed by atoms with Gasteiger partial charge in [-0.2, -0.15) is 0 Å². The molecular formula is C12H12F3NO. The average Bonchev–Trinajstić information content (AvgIpc) is 2.19. The summed E-state index contributed by atoms with van der Waals surface area (Å²) in [7, 11) is 1.83. The highest BCUT2D eigenvalue weighted by atomic mass is 19.4. The molecule has 17 heavy (non-hydrogen) atoms. The maximum Gasteiger partial charge on any atom is 0.573 e. The first-order valence-electron chi connectivity index (χ1n) is 4.87. The SMILES string of the molecule is C#CCN(C)Cc1ccc(OC(F)(F)F)cc1. The molecule has 92 valence electrons. The Morgan fingerprint density at radius 2 is 1.88 bits per heavy atom. The molecule has 0 saturated carbocycles. The molecule has 0 aliphatic carbocycles. The van der Waals surface area contributed by atoms with Crippen molar-refractivity contribution in [2.45, 2.75) is 12.9 Å². The Labute approximate surface area is 98.0 Å². The molecule has 0 bridgehead atoms. The molecule has 0 atom stereocenters. The minimum atomic E-state index is -4.65. The Morgan fingerprint density at radius 3 is 2.35 bits per heavy atom. The Bertz CT molecular complexity index is 392.